The van der Waals surface area contributed by atoms with E-state index >= 15 is 0 Å². The number of amides is 4. The predicted molar refractivity (Wildman–Crippen MR) is 116 cm³/mol. The van der Waals surface area contributed by atoms with E-state index in [4.69, 9.17) is 34.4 Å². The minimum Gasteiger partial charge on any atom is -0.478 e. The third-order valence-corrected chi connectivity index (χ3v) is 4.90. The van der Waals surface area contributed by atoms with Crippen molar-refractivity contribution in [2.24, 2.45) is 0 Å². The zero-order valence-electron chi connectivity index (χ0n) is 15.9. The average molecular weight is 443 g/mol. The molecule has 3 rings (SSSR count). The first-order valence-electron chi connectivity index (χ1n) is 8.91. The van der Waals surface area contributed by atoms with Crippen LogP contribution in [0, 0.1) is 12.3 Å². The number of benzene rings is 2. The smallest absolute Gasteiger partial charge is 0.335 e. The highest BCUT2D eigenvalue weighted by Gasteiger charge is 2.36. The highest BCUT2D eigenvalue weighted by molar-refractivity contribution is 6.40. The Morgan fingerprint density at radius 1 is 1.13 bits per heavy atom. The molecule has 0 atom stereocenters. The van der Waals surface area contributed by atoms with Crippen molar-refractivity contribution in [3.05, 3.63) is 63.1 Å². The van der Waals surface area contributed by atoms with Crippen molar-refractivity contribution < 1.29 is 19.1 Å². The summed E-state index contributed by atoms with van der Waals surface area (Å²) in [7, 11) is 0. The Balaban J connectivity index is 1.97. The fraction of sp³-hybridized carbons (Fsp3) is 0.136. The fourth-order valence-electron chi connectivity index (χ4n) is 2.85. The summed E-state index contributed by atoms with van der Waals surface area (Å²) < 4.78 is 5.29. The minimum atomic E-state index is -0.819. The maximum Gasteiger partial charge on any atom is 0.335 e. The third kappa shape index (κ3) is 4.33. The largest absolute Gasteiger partial charge is 0.478 e. The number of nitrogens with zero attached hydrogens (tertiary/aromatic N) is 1. The van der Waals surface area contributed by atoms with Gasteiger partial charge in [-0.2, -0.15) is 0 Å². The highest BCUT2D eigenvalue weighted by atomic mass is 35.5. The van der Waals surface area contributed by atoms with E-state index in [0.29, 0.717) is 11.3 Å². The van der Waals surface area contributed by atoms with Crippen LogP contribution in [0.3, 0.4) is 0 Å². The minimum absolute atomic E-state index is 0.0192. The number of urea groups is 1. The Morgan fingerprint density at radius 3 is 2.33 bits per heavy atom. The first-order valence-corrected chi connectivity index (χ1v) is 9.67. The molecule has 4 amide bonds. The van der Waals surface area contributed by atoms with Gasteiger partial charge in [0.25, 0.3) is 11.8 Å². The molecule has 0 radical (unpaired) electrons. The molecule has 0 bridgehead atoms. The summed E-state index contributed by atoms with van der Waals surface area (Å²) in [6, 6.07) is 9.05. The first kappa shape index (κ1) is 21.4. The van der Waals surface area contributed by atoms with Crippen LogP contribution in [-0.4, -0.2) is 24.5 Å². The van der Waals surface area contributed by atoms with E-state index in [9.17, 15) is 14.4 Å². The summed E-state index contributed by atoms with van der Waals surface area (Å²) in [5.74, 6) is 0.937. The lowest BCUT2D eigenvalue weighted by Crippen LogP contribution is -2.54. The molecule has 1 heterocycles. The van der Waals surface area contributed by atoms with Gasteiger partial charge in [-0.05, 0) is 47.9 Å². The van der Waals surface area contributed by atoms with Crippen molar-refractivity contribution in [1.29, 1.82) is 0 Å². The molecule has 152 valence electrons. The van der Waals surface area contributed by atoms with Crippen LogP contribution in [0.5, 0.6) is 5.75 Å². The van der Waals surface area contributed by atoms with Gasteiger partial charge in [-0.3, -0.25) is 14.9 Å². The van der Waals surface area contributed by atoms with Crippen LogP contribution in [0.15, 0.2) is 42.0 Å². The lowest BCUT2D eigenvalue weighted by molar-refractivity contribution is -0.122. The van der Waals surface area contributed by atoms with E-state index in [1.165, 1.54) is 18.2 Å². The van der Waals surface area contributed by atoms with Gasteiger partial charge in [0.1, 0.15) is 12.2 Å². The number of terminal acetylenes is 1. The molecule has 1 saturated heterocycles. The molecule has 0 unspecified atom stereocenters. The molecular weight excluding hydrogens is 427 g/mol. The van der Waals surface area contributed by atoms with Crippen LogP contribution in [-0.2, 0) is 16.0 Å². The third-order valence-electron chi connectivity index (χ3n) is 4.34. The number of hydrogen-bond acceptors (Lipinski definition) is 4. The number of halogens is 2. The maximum atomic E-state index is 12.9. The summed E-state index contributed by atoms with van der Waals surface area (Å²) in [4.78, 5) is 38.5. The molecule has 0 aliphatic carbocycles. The SMILES string of the molecule is C#CCOc1c(Cl)cc(/C=C2\C(=O)NC(=O)N(c3ccc(CC)cc3)C2=O)cc1Cl. The van der Waals surface area contributed by atoms with Gasteiger partial charge in [0.2, 0.25) is 0 Å². The van der Waals surface area contributed by atoms with Crippen molar-refractivity contribution in [2.75, 3.05) is 11.5 Å². The van der Waals surface area contributed by atoms with Gasteiger partial charge in [0.05, 0.1) is 15.7 Å². The van der Waals surface area contributed by atoms with Crippen LogP contribution in [0.2, 0.25) is 10.0 Å². The zero-order valence-corrected chi connectivity index (χ0v) is 17.4. The van der Waals surface area contributed by atoms with Crippen LogP contribution in [0.4, 0.5) is 10.5 Å². The molecule has 1 aliphatic heterocycles. The van der Waals surface area contributed by atoms with Crippen molar-refractivity contribution in [3.8, 4) is 18.1 Å². The van der Waals surface area contributed by atoms with Gasteiger partial charge < -0.3 is 4.74 Å². The Kier molecular flexibility index (Phi) is 6.46. The molecule has 1 aliphatic rings. The van der Waals surface area contributed by atoms with E-state index < -0.39 is 17.8 Å². The van der Waals surface area contributed by atoms with Crippen molar-refractivity contribution >= 4 is 52.8 Å². The molecular formula is C22H16Cl2N2O4. The molecule has 2 aromatic rings. The molecule has 1 fully saturated rings. The molecule has 0 saturated carbocycles. The van der Waals surface area contributed by atoms with Gasteiger partial charge in [-0.15, -0.1) is 6.42 Å². The standard InChI is InChI=1S/C22H16Cl2N2O4/c1-3-9-30-19-17(23)11-14(12-18(19)24)10-16-20(27)25-22(29)26(21(16)28)15-7-5-13(4-2)6-8-15/h1,5-8,10-12H,4,9H2,2H3,(H,25,27,29)/b16-10+. The Labute approximate surface area is 183 Å². The Morgan fingerprint density at radius 2 is 1.77 bits per heavy atom. The Bertz CT molecular complexity index is 1080. The highest BCUT2D eigenvalue weighted by Crippen LogP contribution is 2.35. The summed E-state index contributed by atoms with van der Waals surface area (Å²) in [6.45, 7) is 1.97. The Hall–Kier alpha value is -3.27. The molecule has 0 aromatic heterocycles. The zero-order chi connectivity index (χ0) is 21.8. The van der Waals surface area contributed by atoms with Crippen molar-refractivity contribution in [2.45, 2.75) is 13.3 Å². The second kappa shape index (κ2) is 9.04. The second-order valence-corrected chi connectivity index (χ2v) is 7.10. The van der Waals surface area contributed by atoms with E-state index in [0.717, 1.165) is 16.9 Å². The quantitative estimate of drug-likeness (QED) is 0.426. The number of hydrogen-bond donors (Lipinski definition) is 1. The van der Waals surface area contributed by atoms with Crippen molar-refractivity contribution in [1.82, 2.24) is 5.32 Å². The van der Waals surface area contributed by atoms with Crippen LogP contribution in [0.25, 0.3) is 6.08 Å². The summed E-state index contributed by atoms with van der Waals surface area (Å²) >= 11 is 12.4. The van der Waals surface area contributed by atoms with E-state index in [-0.39, 0.29) is 28.0 Å². The predicted octanol–water partition coefficient (Wildman–Crippen LogP) is 4.23. The molecule has 6 nitrogen and oxygen atoms in total. The number of imide groups is 2. The van der Waals surface area contributed by atoms with Crippen LogP contribution in [0.1, 0.15) is 18.1 Å². The van der Waals surface area contributed by atoms with E-state index in [1.807, 2.05) is 19.1 Å². The molecule has 8 heteroatoms. The number of rotatable bonds is 5. The van der Waals surface area contributed by atoms with Gasteiger partial charge in [-0.25, -0.2) is 9.69 Å². The number of anilines is 1. The van der Waals surface area contributed by atoms with Crippen LogP contribution >= 0.6 is 23.2 Å². The van der Waals surface area contributed by atoms with Crippen molar-refractivity contribution in [3.63, 3.8) is 0 Å². The number of nitrogens with one attached hydrogen (secondary N) is 1. The van der Waals surface area contributed by atoms with Gasteiger partial charge >= 0.3 is 6.03 Å². The van der Waals surface area contributed by atoms with E-state index in [2.05, 4.69) is 11.2 Å². The normalized spacial score (nSPS) is 15.2. The van der Waals surface area contributed by atoms with Gasteiger partial charge in [-0.1, -0.05) is 48.2 Å². The molecule has 2 aromatic carbocycles. The average Bonchev–Trinajstić information content (AvgIpc) is 2.71. The number of aryl methyl sites for hydroxylation is 1. The molecule has 30 heavy (non-hydrogen) atoms. The van der Waals surface area contributed by atoms with E-state index in [1.54, 1.807) is 12.1 Å². The maximum absolute atomic E-state index is 12.9. The van der Waals surface area contributed by atoms with Gasteiger partial charge in [0, 0.05) is 0 Å². The monoisotopic (exact) mass is 442 g/mol. The summed E-state index contributed by atoms with van der Waals surface area (Å²) in [6.07, 6.45) is 7.28. The summed E-state index contributed by atoms with van der Waals surface area (Å²) in [5.41, 5.74) is 1.54. The fourth-order valence-corrected chi connectivity index (χ4v) is 3.47. The van der Waals surface area contributed by atoms with Crippen LogP contribution < -0.4 is 15.0 Å². The molecule has 0 spiro atoms. The second-order valence-electron chi connectivity index (χ2n) is 6.28. The number of barbiturate groups is 1. The lowest BCUT2D eigenvalue weighted by atomic mass is 10.1. The number of carbonyl (C=O) groups is 3. The summed E-state index contributed by atoms with van der Waals surface area (Å²) in [5, 5.41) is 2.50. The molecule has 1 N–H and O–H groups in total. The first-order chi connectivity index (χ1) is 14.3. The lowest BCUT2D eigenvalue weighted by Gasteiger charge is -2.26. The number of carbonyl (C=O) groups excluding carboxylic acids is 3. The van der Waals surface area contributed by atoms with Gasteiger partial charge in [0.15, 0.2) is 5.75 Å². The topological polar surface area (TPSA) is 75.7 Å². The number of ether oxygens (including phenoxy) is 1.